The van der Waals surface area contributed by atoms with Crippen molar-refractivity contribution >= 4 is 29.5 Å². The molecule has 1 heterocycles. The molecule has 42 heavy (non-hydrogen) atoms. The van der Waals surface area contributed by atoms with Gasteiger partial charge in [-0.3, -0.25) is 19.2 Å². The lowest BCUT2D eigenvalue weighted by Gasteiger charge is -2.54. The number of rotatable bonds is 10. The molecule has 4 bridgehead atoms. The first-order valence-electron chi connectivity index (χ1n) is 15.0. The maximum atomic E-state index is 13.2. The summed E-state index contributed by atoms with van der Waals surface area (Å²) < 4.78 is 6.59. The minimum absolute atomic E-state index is 0.000704. The van der Waals surface area contributed by atoms with Gasteiger partial charge in [-0.2, -0.15) is 0 Å². The van der Waals surface area contributed by atoms with Gasteiger partial charge in [-0.25, -0.2) is 4.79 Å². The van der Waals surface area contributed by atoms with E-state index in [-0.39, 0.29) is 36.5 Å². The predicted molar refractivity (Wildman–Crippen MR) is 159 cm³/mol. The second-order valence-corrected chi connectivity index (χ2v) is 13.3. The van der Waals surface area contributed by atoms with Crippen LogP contribution in [0.4, 0.5) is 10.5 Å². The summed E-state index contributed by atoms with van der Waals surface area (Å²) in [7, 11) is 3.26. The van der Waals surface area contributed by atoms with Crippen LogP contribution in [0.2, 0.25) is 0 Å². The van der Waals surface area contributed by atoms with E-state index in [1.807, 2.05) is 0 Å². The molecule has 1 atom stereocenters. The Hall–Kier alpha value is -3.63. The zero-order valence-electron chi connectivity index (χ0n) is 25.4. The van der Waals surface area contributed by atoms with Crippen molar-refractivity contribution in [3.8, 4) is 0 Å². The van der Waals surface area contributed by atoms with E-state index >= 15 is 0 Å². The Balaban J connectivity index is 1.39. The van der Waals surface area contributed by atoms with Crippen LogP contribution in [0.25, 0.3) is 0 Å². The molecule has 1 aromatic rings. The molecular formula is C31H45N5O6. The fraction of sp³-hybridized carbons (Fsp3) is 0.645. The molecular weight excluding hydrogens is 538 g/mol. The highest BCUT2D eigenvalue weighted by Crippen LogP contribution is 2.53. The third-order valence-corrected chi connectivity index (χ3v) is 8.48. The first-order valence-corrected chi connectivity index (χ1v) is 15.0. The molecule has 4 aliphatic carbocycles. The van der Waals surface area contributed by atoms with E-state index < -0.39 is 29.2 Å². The molecule has 11 heteroatoms. The maximum absolute atomic E-state index is 13.2. The van der Waals surface area contributed by atoms with Gasteiger partial charge in [0.1, 0.15) is 23.9 Å². The van der Waals surface area contributed by atoms with E-state index in [1.165, 1.54) is 59.9 Å². The fourth-order valence-corrected chi connectivity index (χ4v) is 6.84. The summed E-state index contributed by atoms with van der Waals surface area (Å²) >= 11 is 0. The largest absolute Gasteiger partial charge is 0.444 e. The van der Waals surface area contributed by atoms with Crippen LogP contribution in [0.15, 0.2) is 35.3 Å². The van der Waals surface area contributed by atoms with Gasteiger partial charge in [0.25, 0.3) is 5.56 Å². The number of likely N-dealkylation sites (N-methyl/N-ethyl adjacent to an activating group) is 1. The quantitative estimate of drug-likeness (QED) is 0.362. The number of carbonyl (C=O) groups is 4. The van der Waals surface area contributed by atoms with Crippen LogP contribution < -0.4 is 21.5 Å². The molecule has 4 fully saturated rings. The number of allylic oxidation sites excluding steroid dienone is 1. The van der Waals surface area contributed by atoms with E-state index in [2.05, 4.69) is 16.0 Å². The number of nitrogens with one attached hydrogen (secondary N) is 3. The van der Waals surface area contributed by atoms with Gasteiger partial charge in [0.15, 0.2) is 0 Å². The van der Waals surface area contributed by atoms with Crippen molar-refractivity contribution in [2.75, 3.05) is 19.4 Å². The Labute approximate surface area is 247 Å². The zero-order chi connectivity index (χ0) is 30.6. The van der Waals surface area contributed by atoms with E-state index in [1.54, 1.807) is 47.0 Å². The Bertz CT molecular complexity index is 1240. The Morgan fingerprint density at radius 1 is 1.07 bits per heavy atom. The highest BCUT2D eigenvalue weighted by Gasteiger charge is 2.48. The van der Waals surface area contributed by atoms with Crippen molar-refractivity contribution < 1.29 is 23.9 Å². The van der Waals surface area contributed by atoms with E-state index in [0.29, 0.717) is 18.3 Å². The Morgan fingerprint density at radius 3 is 2.31 bits per heavy atom. The SMILES string of the molecule is CN(C)C(=O)/C=C/CC[C@H](NC(=O)OC(C)(C)C)C(=O)Nc1cccn(CC(=O)NC2C3CC4CC(C3)CC2C4)c1=O. The predicted octanol–water partition coefficient (Wildman–Crippen LogP) is 3.05. The number of nitrogens with zero attached hydrogens (tertiary/aromatic N) is 2. The van der Waals surface area contributed by atoms with Gasteiger partial charge in [0, 0.05) is 26.3 Å². The van der Waals surface area contributed by atoms with Crippen LogP contribution in [0.3, 0.4) is 0 Å². The highest BCUT2D eigenvalue weighted by atomic mass is 16.6. The molecule has 11 nitrogen and oxygen atoms in total. The minimum Gasteiger partial charge on any atom is -0.444 e. The first-order chi connectivity index (χ1) is 19.8. The number of hydrogen-bond donors (Lipinski definition) is 3. The first kappa shape index (κ1) is 31.3. The van der Waals surface area contributed by atoms with E-state index in [4.69, 9.17) is 4.74 Å². The van der Waals surface area contributed by atoms with Crippen molar-refractivity contribution in [1.82, 2.24) is 20.1 Å². The number of aromatic nitrogens is 1. The van der Waals surface area contributed by atoms with Crippen LogP contribution in [-0.4, -0.2) is 65.1 Å². The summed E-state index contributed by atoms with van der Waals surface area (Å²) in [5.41, 5.74) is -1.29. The van der Waals surface area contributed by atoms with Crippen LogP contribution in [0.5, 0.6) is 0 Å². The number of carbonyl (C=O) groups excluding carboxylic acids is 4. The molecule has 0 spiro atoms. The molecule has 3 N–H and O–H groups in total. The highest BCUT2D eigenvalue weighted by molar-refractivity contribution is 5.96. The van der Waals surface area contributed by atoms with Gasteiger partial charge in [-0.1, -0.05) is 6.08 Å². The molecule has 0 unspecified atom stereocenters. The molecule has 4 saturated carbocycles. The lowest BCUT2D eigenvalue weighted by molar-refractivity contribution is -0.126. The zero-order valence-corrected chi connectivity index (χ0v) is 25.4. The summed E-state index contributed by atoms with van der Waals surface area (Å²) in [5, 5.41) is 8.40. The lowest BCUT2D eigenvalue weighted by Crippen LogP contribution is -2.56. The van der Waals surface area contributed by atoms with Crippen molar-refractivity contribution in [3.05, 3.63) is 40.8 Å². The number of amides is 4. The molecule has 5 rings (SSSR count). The summed E-state index contributed by atoms with van der Waals surface area (Å²) in [6, 6.07) is 2.20. The van der Waals surface area contributed by atoms with Crippen LogP contribution >= 0.6 is 0 Å². The van der Waals surface area contributed by atoms with Gasteiger partial charge in [-0.05, 0) is 108 Å². The molecule has 1 aromatic heterocycles. The molecule has 4 amide bonds. The third-order valence-electron chi connectivity index (χ3n) is 8.48. The van der Waals surface area contributed by atoms with Gasteiger partial charge in [0.2, 0.25) is 17.7 Å². The van der Waals surface area contributed by atoms with E-state index in [9.17, 15) is 24.0 Å². The van der Waals surface area contributed by atoms with Gasteiger partial charge >= 0.3 is 6.09 Å². The molecule has 0 aliphatic heterocycles. The van der Waals surface area contributed by atoms with Crippen LogP contribution in [0.1, 0.15) is 65.7 Å². The van der Waals surface area contributed by atoms with Crippen molar-refractivity contribution in [2.24, 2.45) is 23.7 Å². The summed E-state index contributed by atoms with van der Waals surface area (Å²) in [6.07, 6.45) is 10.3. The molecule has 0 aromatic carbocycles. The minimum atomic E-state index is -1.03. The molecule has 0 saturated heterocycles. The third kappa shape index (κ3) is 8.23. The number of ether oxygens (including phenoxy) is 1. The summed E-state index contributed by atoms with van der Waals surface area (Å²) in [4.78, 5) is 65.2. The van der Waals surface area contributed by atoms with Gasteiger partial charge < -0.3 is 30.2 Å². The second kappa shape index (κ2) is 13.1. The van der Waals surface area contributed by atoms with Gasteiger partial charge in [-0.15, -0.1) is 0 Å². The number of hydrogen-bond acceptors (Lipinski definition) is 6. The molecule has 0 radical (unpaired) electrons. The van der Waals surface area contributed by atoms with Crippen LogP contribution in [-0.2, 0) is 25.7 Å². The topological polar surface area (TPSA) is 139 Å². The average Bonchev–Trinajstić information content (AvgIpc) is 2.88. The van der Waals surface area contributed by atoms with Crippen molar-refractivity contribution in [1.29, 1.82) is 0 Å². The second-order valence-electron chi connectivity index (χ2n) is 13.3. The number of pyridine rings is 1. The monoisotopic (exact) mass is 583 g/mol. The van der Waals surface area contributed by atoms with Crippen LogP contribution in [0, 0.1) is 23.7 Å². The van der Waals surface area contributed by atoms with Gasteiger partial charge in [0.05, 0.1) is 0 Å². The Kier molecular flexibility index (Phi) is 9.78. The summed E-state index contributed by atoms with van der Waals surface area (Å²) in [5.74, 6) is 1.63. The Morgan fingerprint density at radius 2 is 1.71 bits per heavy atom. The average molecular weight is 584 g/mol. The van der Waals surface area contributed by atoms with E-state index in [0.717, 1.165) is 11.8 Å². The fourth-order valence-electron chi connectivity index (χ4n) is 6.84. The smallest absolute Gasteiger partial charge is 0.408 e. The summed E-state index contributed by atoms with van der Waals surface area (Å²) in [6.45, 7) is 4.99. The number of anilines is 1. The molecule has 4 aliphatic rings. The van der Waals surface area contributed by atoms with Crippen molar-refractivity contribution in [3.63, 3.8) is 0 Å². The molecule has 230 valence electrons. The normalized spacial score (nSPS) is 25.1. The van der Waals surface area contributed by atoms with Crippen molar-refractivity contribution in [2.45, 2.75) is 89.9 Å². The lowest BCUT2D eigenvalue weighted by atomic mass is 9.54. The standard InChI is InChI=1S/C31H45N5O6/c1-31(2,3)42-30(41)33-23(9-6-7-11-26(38)35(4)5)28(39)32-24-10-8-12-36(29(24)40)18-25(37)34-27-21-14-19-13-20(16-21)17-22(27)15-19/h7-8,10-12,19-23,27H,6,9,13-18H2,1-5H3,(H,32,39)(H,33,41)(H,34,37)/b11-7+/t19?,20?,21?,22?,23-,27?/m0/s1. The number of alkyl carbamates (subject to hydrolysis) is 1. The maximum Gasteiger partial charge on any atom is 0.408 e.